The molecular formula is C19H26N2O2S. The van der Waals surface area contributed by atoms with Crippen molar-refractivity contribution >= 4 is 23.2 Å². The third kappa shape index (κ3) is 6.32. The molecule has 1 aliphatic rings. The number of amides is 1. The van der Waals surface area contributed by atoms with Gasteiger partial charge in [0.25, 0.3) is 5.91 Å². The van der Waals surface area contributed by atoms with E-state index in [0.29, 0.717) is 23.0 Å². The van der Waals surface area contributed by atoms with Crippen molar-refractivity contribution in [3.63, 3.8) is 0 Å². The van der Waals surface area contributed by atoms with E-state index in [1.165, 1.54) is 31.3 Å². The van der Waals surface area contributed by atoms with E-state index in [9.17, 15) is 4.79 Å². The van der Waals surface area contributed by atoms with Gasteiger partial charge in [-0.15, -0.1) is 0 Å². The molecule has 4 nitrogen and oxygen atoms in total. The lowest BCUT2D eigenvalue weighted by molar-refractivity contribution is 0.0976. The Kier molecular flexibility index (Phi) is 7.75. The van der Waals surface area contributed by atoms with Crippen molar-refractivity contribution in [1.82, 2.24) is 10.6 Å². The minimum absolute atomic E-state index is 0.216. The number of hydrogen-bond donors (Lipinski definition) is 2. The van der Waals surface area contributed by atoms with E-state index in [1.54, 1.807) is 12.1 Å². The van der Waals surface area contributed by atoms with Crippen LogP contribution in [0.25, 0.3) is 0 Å². The summed E-state index contributed by atoms with van der Waals surface area (Å²) in [6.45, 7) is 3.44. The van der Waals surface area contributed by atoms with Crippen molar-refractivity contribution in [3.05, 3.63) is 41.5 Å². The molecule has 0 fully saturated rings. The van der Waals surface area contributed by atoms with Gasteiger partial charge in [0.15, 0.2) is 5.11 Å². The van der Waals surface area contributed by atoms with Crippen LogP contribution >= 0.6 is 12.2 Å². The van der Waals surface area contributed by atoms with E-state index in [4.69, 9.17) is 17.0 Å². The largest absolute Gasteiger partial charge is 0.494 e. The van der Waals surface area contributed by atoms with Crippen LogP contribution in [0.3, 0.4) is 0 Å². The number of allylic oxidation sites excluding steroid dienone is 1. The second kappa shape index (κ2) is 10.1. The topological polar surface area (TPSA) is 50.4 Å². The number of rotatable bonds is 7. The maximum Gasteiger partial charge on any atom is 0.257 e. The van der Waals surface area contributed by atoms with Gasteiger partial charge in [0, 0.05) is 12.1 Å². The maximum absolute atomic E-state index is 12.2. The molecule has 0 unspecified atom stereocenters. The summed E-state index contributed by atoms with van der Waals surface area (Å²) in [5.41, 5.74) is 2.03. The first-order chi connectivity index (χ1) is 11.7. The van der Waals surface area contributed by atoms with Crippen molar-refractivity contribution in [1.29, 1.82) is 0 Å². The summed E-state index contributed by atoms with van der Waals surface area (Å²) in [5.74, 6) is 0.485. The molecular weight excluding hydrogens is 320 g/mol. The number of thiocarbonyl (C=S) groups is 1. The lowest BCUT2D eigenvalue weighted by atomic mass is 9.97. The van der Waals surface area contributed by atoms with Crippen LogP contribution in [0, 0.1) is 0 Å². The summed E-state index contributed by atoms with van der Waals surface area (Å²) >= 11 is 5.21. The van der Waals surface area contributed by atoms with E-state index in [1.807, 2.05) is 19.1 Å². The molecule has 0 saturated carbocycles. The van der Waals surface area contributed by atoms with Gasteiger partial charge in [-0.1, -0.05) is 24.6 Å². The van der Waals surface area contributed by atoms with Crippen molar-refractivity contribution in [3.8, 4) is 5.75 Å². The monoisotopic (exact) mass is 346 g/mol. The molecule has 0 aromatic heterocycles. The fourth-order valence-corrected chi connectivity index (χ4v) is 2.83. The fraction of sp³-hybridized carbons (Fsp3) is 0.474. The van der Waals surface area contributed by atoms with E-state index < -0.39 is 0 Å². The molecule has 130 valence electrons. The highest BCUT2D eigenvalue weighted by atomic mass is 32.1. The van der Waals surface area contributed by atoms with Crippen molar-refractivity contribution in [2.75, 3.05) is 13.2 Å². The molecule has 1 amide bonds. The Balaban J connectivity index is 1.76. The van der Waals surface area contributed by atoms with Gasteiger partial charge >= 0.3 is 0 Å². The van der Waals surface area contributed by atoms with E-state index in [0.717, 1.165) is 19.4 Å². The lowest BCUT2D eigenvalue weighted by Crippen LogP contribution is -2.39. The Morgan fingerprint density at radius 1 is 1.33 bits per heavy atom. The fourth-order valence-electron chi connectivity index (χ4n) is 2.63. The molecule has 1 aromatic carbocycles. The second-order valence-electron chi connectivity index (χ2n) is 5.94. The smallest absolute Gasteiger partial charge is 0.257 e. The van der Waals surface area contributed by atoms with E-state index in [2.05, 4.69) is 16.7 Å². The van der Waals surface area contributed by atoms with Gasteiger partial charge in [0.1, 0.15) is 5.75 Å². The van der Waals surface area contributed by atoms with Crippen molar-refractivity contribution in [2.24, 2.45) is 0 Å². The molecule has 1 aliphatic carbocycles. The molecule has 2 rings (SSSR count). The summed E-state index contributed by atoms with van der Waals surface area (Å²) < 4.78 is 5.55. The first kappa shape index (κ1) is 18.5. The number of hydrogen-bond acceptors (Lipinski definition) is 3. The standard InChI is InChI=1S/C19H26N2O2S/c1-2-13-23-17-10-6-9-16(14-17)18(22)21-19(24)20-12-11-15-7-4-3-5-8-15/h6-7,9-10,14H,2-5,8,11-13H2,1H3,(H2,20,21,22,24). The minimum atomic E-state index is -0.216. The first-order valence-corrected chi connectivity index (χ1v) is 9.10. The quantitative estimate of drug-likeness (QED) is 0.579. The van der Waals surface area contributed by atoms with Crippen molar-refractivity contribution in [2.45, 2.75) is 45.4 Å². The zero-order valence-electron chi connectivity index (χ0n) is 14.3. The Labute approximate surface area is 149 Å². The molecule has 0 spiro atoms. The maximum atomic E-state index is 12.2. The SMILES string of the molecule is CCCOc1cccc(C(=O)NC(=S)NCCC2=CCCCC2)c1. The Morgan fingerprint density at radius 2 is 2.21 bits per heavy atom. The Bertz CT molecular complexity index is 599. The molecule has 24 heavy (non-hydrogen) atoms. The summed E-state index contributed by atoms with van der Waals surface area (Å²) in [4.78, 5) is 12.2. The van der Waals surface area contributed by atoms with Crippen LogP contribution in [-0.4, -0.2) is 24.2 Å². The molecule has 0 heterocycles. The van der Waals surface area contributed by atoms with Crippen LogP contribution in [0.4, 0.5) is 0 Å². The summed E-state index contributed by atoms with van der Waals surface area (Å²) in [5, 5.41) is 6.20. The Morgan fingerprint density at radius 3 is 2.96 bits per heavy atom. The molecule has 1 aromatic rings. The second-order valence-corrected chi connectivity index (χ2v) is 6.35. The molecule has 0 atom stereocenters. The molecule has 2 N–H and O–H groups in total. The van der Waals surface area contributed by atoms with Gasteiger partial charge in [-0.25, -0.2) is 0 Å². The molecule has 5 heteroatoms. The van der Waals surface area contributed by atoms with Crippen LogP contribution < -0.4 is 15.4 Å². The van der Waals surface area contributed by atoms with Gasteiger partial charge < -0.3 is 10.1 Å². The third-order valence-corrected chi connectivity index (χ3v) is 4.16. The third-order valence-electron chi connectivity index (χ3n) is 3.91. The predicted molar refractivity (Wildman–Crippen MR) is 101 cm³/mol. The van der Waals surface area contributed by atoms with Crippen LogP contribution in [-0.2, 0) is 0 Å². The molecule has 0 bridgehead atoms. The van der Waals surface area contributed by atoms with Crippen LogP contribution in [0.5, 0.6) is 5.75 Å². The van der Waals surface area contributed by atoms with Crippen LogP contribution in [0.2, 0.25) is 0 Å². The number of benzene rings is 1. The van der Waals surface area contributed by atoms with Gasteiger partial charge in [0.2, 0.25) is 0 Å². The molecule has 0 radical (unpaired) electrons. The number of carbonyl (C=O) groups is 1. The van der Waals surface area contributed by atoms with Gasteiger partial charge in [0.05, 0.1) is 6.61 Å². The van der Waals surface area contributed by atoms with E-state index >= 15 is 0 Å². The summed E-state index contributed by atoms with van der Waals surface area (Å²) in [6.07, 6.45) is 9.19. The van der Waals surface area contributed by atoms with Crippen molar-refractivity contribution < 1.29 is 9.53 Å². The average Bonchev–Trinajstić information content (AvgIpc) is 2.61. The van der Waals surface area contributed by atoms with Gasteiger partial charge in [-0.3, -0.25) is 10.1 Å². The predicted octanol–water partition coefficient (Wildman–Crippen LogP) is 3.97. The zero-order valence-corrected chi connectivity index (χ0v) is 15.1. The molecule has 0 aliphatic heterocycles. The van der Waals surface area contributed by atoms with Gasteiger partial charge in [-0.2, -0.15) is 0 Å². The summed E-state index contributed by atoms with van der Waals surface area (Å²) in [7, 11) is 0. The summed E-state index contributed by atoms with van der Waals surface area (Å²) in [6, 6.07) is 7.15. The first-order valence-electron chi connectivity index (χ1n) is 8.69. The number of nitrogens with one attached hydrogen (secondary N) is 2. The number of carbonyl (C=O) groups excluding carboxylic acids is 1. The lowest BCUT2D eigenvalue weighted by Gasteiger charge is -2.14. The highest BCUT2D eigenvalue weighted by molar-refractivity contribution is 7.80. The highest BCUT2D eigenvalue weighted by Gasteiger charge is 2.09. The zero-order chi connectivity index (χ0) is 17.2. The van der Waals surface area contributed by atoms with E-state index in [-0.39, 0.29) is 5.91 Å². The molecule has 0 saturated heterocycles. The average molecular weight is 346 g/mol. The van der Waals surface area contributed by atoms with Gasteiger partial charge in [-0.05, 0) is 68.9 Å². The van der Waals surface area contributed by atoms with Crippen LogP contribution in [0.15, 0.2) is 35.9 Å². The van der Waals surface area contributed by atoms with Crippen LogP contribution in [0.1, 0.15) is 55.8 Å². The highest BCUT2D eigenvalue weighted by Crippen LogP contribution is 2.19. The minimum Gasteiger partial charge on any atom is -0.494 e. The number of ether oxygens (including phenoxy) is 1. The Hall–Kier alpha value is -1.88. The normalized spacial score (nSPS) is 13.8.